The number of carbonyl (C=O) groups excluding carboxylic acids is 8. The van der Waals surface area contributed by atoms with Crippen molar-refractivity contribution in [3.8, 4) is 0 Å². The van der Waals surface area contributed by atoms with E-state index in [9.17, 15) is 64.7 Å². The highest BCUT2D eigenvalue weighted by Gasteiger charge is 2.44. The number of esters is 2. The molecule has 2 saturated carbocycles. The van der Waals surface area contributed by atoms with Gasteiger partial charge >= 0.3 is 24.3 Å². The van der Waals surface area contributed by atoms with Gasteiger partial charge in [0.2, 0.25) is 11.8 Å². The van der Waals surface area contributed by atoms with E-state index in [1.807, 2.05) is 0 Å². The molecule has 496 valence electrons. The molecular weight excluding hydrogens is 1330 g/mol. The van der Waals surface area contributed by atoms with Gasteiger partial charge in [0.1, 0.15) is 12.1 Å². The van der Waals surface area contributed by atoms with Crippen molar-refractivity contribution in [1.29, 1.82) is 0 Å². The lowest BCUT2D eigenvalue weighted by Crippen LogP contribution is -2.50. The van der Waals surface area contributed by atoms with Gasteiger partial charge in [-0.3, -0.25) is 28.8 Å². The van der Waals surface area contributed by atoms with Gasteiger partial charge in [0.05, 0.1) is 67.4 Å². The summed E-state index contributed by atoms with van der Waals surface area (Å²) in [6.07, 6.45) is -1.76. The van der Waals surface area contributed by atoms with E-state index in [1.54, 1.807) is 84.9 Å². The van der Waals surface area contributed by atoms with E-state index < -0.39 is 81.3 Å². The van der Waals surface area contributed by atoms with Gasteiger partial charge in [0.15, 0.2) is 0 Å². The highest BCUT2D eigenvalue weighted by Crippen LogP contribution is 2.43. The monoisotopic (exact) mass is 1390 g/mol. The minimum Gasteiger partial charge on any atom is -0.467 e. The van der Waals surface area contributed by atoms with Crippen molar-refractivity contribution in [3.05, 3.63) is 198 Å². The first kappa shape index (κ1) is 74.3. The number of nitrogens with one attached hydrogen (secondary N) is 5. The number of halogens is 11. The Bertz CT molecular complexity index is 3600. The van der Waals surface area contributed by atoms with Crippen LogP contribution in [0.15, 0.2) is 133 Å². The Balaban J connectivity index is 0.000000254. The van der Waals surface area contributed by atoms with E-state index in [0.29, 0.717) is 42.7 Å². The smallest absolute Gasteiger partial charge is 0.416 e. The van der Waals surface area contributed by atoms with Crippen LogP contribution in [-0.4, -0.2) is 86.1 Å². The number of alkyl halides is 6. The third-order valence-electron chi connectivity index (χ3n) is 15.7. The zero-order valence-electron chi connectivity index (χ0n) is 50.1. The minimum absolute atomic E-state index is 0.0535. The molecule has 0 aromatic heterocycles. The van der Waals surface area contributed by atoms with Crippen molar-refractivity contribution in [1.82, 2.24) is 16.0 Å². The number of rotatable bonds is 21. The molecular formula is C66H65Cl5F6N6O10. The molecule has 0 bridgehead atoms. The molecule has 2 atom stereocenters. The number of nitrogens with two attached hydrogens (primary N) is 1. The number of hydrogen-bond acceptors (Lipinski definition) is 11. The molecule has 0 radical (unpaired) electrons. The molecule has 27 heteroatoms. The summed E-state index contributed by atoms with van der Waals surface area (Å²) >= 11 is 29.5. The van der Waals surface area contributed by atoms with Crippen LogP contribution in [0.5, 0.6) is 0 Å². The second-order valence-corrected chi connectivity index (χ2v) is 23.9. The van der Waals surface area contributed by atoms with Crippen LogP contribution in [0.25, 0.3) is 0 Å². The zero-order chi connectivity index (χ0) is 68.3. The minimum atomic E-state index is -4.58. The Labute approximate surface area is 557 Å². The molecule has 16 nitrogen and oxygen atoms in total. The van der Waals surface area contributed by atoms with Gasteiger partial charge in [0, 0.05) is 41.9 Å². The Morgan fingerprint density at radius 3 is 1.22 bits per heavy atom. The summed E-state index contributed by atoms with van der Waals surface area (Å²) in [6, 6.07) is 29.5. The van der Waals surface area contributed by atoms with Crippen LogP contribution >= 0.6 is 58.0 Å². The summed E-state index contributed by atoms with van der Waals surface area (Å²) in [7, 11) is 2.51. The van der Waals surface area contributed by atoms with Crippen molar-refractivity contribution in [2.75, 3.05) is 37.9 Å². The van der Waals surface area contributed by atoms with Crippen molar-refractivity contribution < 1.29 is 74.2 Å². The lowest BCUT2D eigenvalue weighted by Gasteiger charge is -2.30. The van der Waals surface area contributed by atoms with E-state index in [-0.39, 0.29) is 80.0 Å². The molecule has 2 aliphatic carbocycles. The van der Waals surface area contributed by atoms with Crippen molar-refractivity contribution in [3.63, 3.8) is 0 Å². The van der Waals surface area contributed by atoms with Crippen LogP contribution in [0.3, 0.4) is 0 Å². The van der Waals surface area contributed by atoms with Gasteiger partial charge < -0.3 is 41.8 Å². The number of methoxy groups -OCH3 is 2. The van der Waals surface area contributed by atoms with Gasteiger partial charge in [0.25, 0.3) is 23.0 Å². The number of carbonyl (C=O) groups is 8. The molecule has 5 amide bonds. The number of amides is 5. The fourth-order valence-electron chi connectivity index (χ4n) is 10.8. The predicted molar refractivity (Wildman–Crippen MR) is 343 cm³/mol. The third kappa shape index (κ3) is 20.9. The Morgan fingerprint density at radius 2 is 0.860 bits per heavy atom. The molecule has 0 spiro atoms. The first-order chi connectivity index (χ1) is 44.0. The fourth-order valence-corrected chi connectivity index (χ4v) is 12.0. The molecule has 0 aliphatic heterocycles. The first-order valence-corrected chi connectivity index (χ1v) is 30.9. The second-order valence-electron chi connectivity index (χ2n) is 22.0. The number of ether oxygens (including phenoxy) is 2. The van der Waals surface area contributed by atoms with Crippen LogP contribution in [0, 0.1) is 10.8 Å². The van der Waals surface area contributed by atoms with Gasteiger partial charge in [-0.2, -0.15) is 26.3 Å². The first-order valence-electron chi connectivity index (χ1n) is 29.0. The zero-order valence-corrected chi connectivity index (χ0v) is 53.9. The van der Waals surface area contributed by atoms with Crippen LogP contribution in [-0.2, 0) is 53.8 Å². The molecule has 2 fully saturated rings. The number of hydrogen-bond donors (Lipinski definition) is 6. The lowest BCUT2D eigenvalue weighted by molar-refractivity contribution is -0.147. The van der Waals surface area contributed by atoms with Crippen molar-refractivity contribution in [2.45, 2.75) is 101 Å². The molecule has 8 rings (SSSR count). The number of benzene rings is 6. The summed E-state index contributed by atoms with van der Waals surface area (Å²) in [6.45, 7) is 0.473. The highest BCUT2D eigenvalue weighted by atomic mass is 35.5. The highest BCUT2D eigenvalue weighted by molar-refractivity contribution is 6.67. The van der Waals surface area contributed by atoms with Crippen LogP contribution in [0.1, 0.15) is 128 Å². The normalized spacial score (nSPS) is 14.5. The van der Waals surface area contributed by atoms with Gasteiger partial charge in [-0.25, -0.2) is 9.59 Å². The van der Waals surface area contributed by atoms with Crippen molar-refractivity contribution in [2.24, 2.45) is 16.6 Å². The molecule has 7 N–H and O–H groups in total. The van der Waals surface area contributed by atoms with Crippen LogP contribution < -0.4 is 32.3 Å². The standard InChI is InChI=1S/C33H32Cl2F3N3O5.C25H29Cl2N3O4.C8H4ClF3O/c1-46-30(44)26(18-20-10-12-23(13-11-20)40-29(43)27-24(34)8-5-9-25(27)35)41-31(45)32(14-2-3-15-32)16-17-39-28(42)21-6-4-7-22(19-21)33(36,37)38;1-34-23(32)20(30-24(33)25(13-14-28)11-2-3-12-25)15-16-7-9-17(10-8-16)29-22(31)21-18(26)5-4-6-19(21)27;9-7(13)5-2-1-3-6(4-5)8(10,11)12/h4-13,19,26H,2-3,14-18H2,1H3,(H,39,42)(H,40,43)(H,41,45);4-10,20H,2-3,11-15,28H2,1H3,(H,29,31)(H,30,33);1-4H/t26-;20-;/m00./s1. The van der Waals surface area contributed by atoms with Gasteiger partial charge in [-0.05, 0) is 147 Å². The lowest BCUT2D eigenvalue weighted by atomic mass is 9.81. The summed E-state index contributed by atoms with van der Waals surface area (Å²) in [5.74, 6) is -3.27. The van der Waals surface area contributed by atoms with E-state index in [0.717, 1.165) is 80.5 Å². The molecule has 0 heterocycles. The second kappa shape index (κ2) is 33.9. The van der Waals surface area contributed by atoms with Gasteiger partial charge in [-0.15, -0.1) is 0 Å². The van der Waals surface area contributed by atoms with E-state index in [2.05, 4.69) is 26.6 Å². The molecule has 0 saturated heterocycles. The fraction of sp³-hybridized carbons (Fsp3) is 0.333. The third-order valence-corrected chi connectivity index (χ3v) is 17.2. The average Bonchev–Trinajstić information content (AvgIpc) is 1.86. The summed E-state index contributed by atoms with van der Waals surface area (Å²) in [5.41, 5.74) is 5.07. The quantitative estimate of drug-likeness (QED) is 0.0225. The molecule has 2 aliphatic rings. The maximum atomic E-state index is 13.6. The maximum Gasteiger partial charge on any atom is 0.416 e. The topological polar surface area (TPSA) is 241 Å². The molecule has 6 aromatic carbocycles. The average molecular weight is 1390 g/mol. The molecule has 0 unspecified atom stereocenters. The summed E-state index contributed by atoms with van der Waals surface area (Å²) in [4.78, 5) is 100. The maximum absolute atomic E-state index is 13.6. The Hall–Kier alpha value is -7.73. The largest absolute Gasteiger partial charge is 0.467 e. The molecule has 6 aromatic rings. The van der Waals surface area contributed by atoms with E-state index in [1.165, 1.54) is 26.4 Å². The summed E-state index contributed by atoms with van der Waals surface area (Å²) < 4.78 is 85.3. The van der Waals surface area contributed by atoms with Crippen molar-refractivity contribution >= 4 is 116 Å². The Morgan fingerprint density at radius 1 is 0.505 bits per heavy atom. The predicted octanol–water partition coefficient (Wildman–Crippen LogP) is 14.3. The van der Waals surface area contributed by atoms with Crippen LogP contribution in [0.2, 0.25) is 20.1 Å². The van der Waals surface area contributed by atoms with E-state index in [4.69, 9.17) is 73.2 Å². The van der Waals surface area contributed by atoms with E-state index >= 15 is 0 Å². The SMILES string of the molecule is COC(=O)[C@H](Cc1ccc(NC(=O)c2c(Cl)cccc2Cl)cc1)NC(=O)C1(CCN)CCCC1.COC(=O)[C@H](Cc1ccc(NC(=O)c2c(Cl)cccc2Cl)cc1)NC(=O)C1(CCNC(=O)c2cccc(C(F)(F)F)c2)CCCC1.O=C(Cl)c1cccc(C(F)(F)F)c1. The van der Waals surface area contributed by atoms with Gasteiger partial charge in [-0.1, -0.05) is 127 Å². The number of anilines is 2. The summed E-state index contributed by atoms with van der Waals surface area (Å²) in [5, 5.41) is 13.9. The molecule has 93 heavy (non-hydrogen) atoms. The Kier molecular flexibility index (Phi) is 27.1. The van der Waals surface area contributed by atoms with Crippen LogP contribution in [0.4, 0.5) is 37.7 Å².